The number of aliphatic hydroxyl groups excluding tert-OH is 1. The van der Waals surface area contributed by atoms with Crippen molar-refractivity contribution in [2.45, 2.75) is 25.9 Å². The first kappa shape index (κ1) is 14.5. The molecule has 2 aromatic carbocycles. The molecule has 2 rings (SSSR count). The van der Waals surface area contributed by atoms with E-state index in [1.54, 1.807) is 19.1 Å². The lowest BCUT2D eigenvalue weighted by atomic mass is 10.1. The van der Waals surface area contributed by atoms with E-state index in [-0.39, 0.29) is 0 Å². The van der Waals surface area contributed by atoms with Gasteiger partial charge in [-0.1, -0.05) is 30.3 Å². The molecule has 3 heteroatoms. The van der Waals surface area contributed by atoms with Gasteiger partial charge in [-0.3, -0.25) is 0 Å². The molecule has 106 valence electrons. The first-order chi connectivity index (χ1) is 9.66. The number of hydrogen-bond acceptors (Lipinski definition) is 2. The van der Waals surface area contributed by atoms with Crippen LogP contribution in [0.2, 0.25) is 0 Å². The highest BCUT2D eigenvalue weighted by molar-refractivity contribution is 5.30. The summed E-state index contributed by atoms with van der Waals surface area (Å²) in [7, 11) is 0. The van der Waals surface area contributed by atoms with E-state index in [0.29, 0.717) is 17.9 Å². The van der Waals surface area contributed by atoms with Crippen LogP contribution in [-0.2, 0) is 6.42 Å². The Bertz CT molecular complexity index is 538. The van der Waals surface area contributed by atoms with Gasteiger partial charge in [-0.15, -0.1) is 0 Å². The molecule has 0 bridgehead atoms. The van der Waals surface area contributed by atoms with Gasteiger partial charge in [-0.05, 0) is 37.5 Å². The third kappa shape index (κ3) is 4.07. The molecular weight excluding hydrogens is 255 g/mol. The largest absolute Gasteiger partial charge is 0.493 e. The van der Waals surface area contributed by atoms with Crippen LogP contribution in [0.25, 0.3) is 0 Å². The molecule has 0 aliphatic heterocycles. The smallest absolute Gasteiger partial charge is 0.132 e. The Morgan fingerprint density at radius 3 is 2.55 bits per heavy atom. The highest BCUT2D eigenvalue weighted by atomic mass is 19.1. The van der Waals surface area contributed by atoms with E-state index >= 15 is 0 Å². The molecule has 2 nitrogen and oxygen atoms in total. The number of halogens is 1. The lowest BCUT2D eigenvalue weighted by Crippen LogP contribution is -2.01. The Hall–Kier alpha value is -1.87. The zero-order chi connectivity index (χ0) is 14.4. The van der Waals surface area contributed by atoms with E-state index in [4.69, 9.17) is 4.74 Å². The van der Waals surface area contributed by atoms with E-state index in [1.807, 2.05) is 18.2 Å². The minimum atomic E-state index is -0.804. The van der Waals surface area contributed by atoms with Crippen LogP contribution in [0.3, 0.4) is 0 Å². The molecule has 1 unspecified atom stereocenters. The van der Waals surface area contributed by atoms with E-state index in [1.165, 1.54) is 11.6 Å². The van der Waals surface area contributed by atoms with E-state index in [0.717, 1.165) is 12.8 Å². The van der Waals surface area contributed by atoms with Gasteiger partial charge in [0.1, 0.15) is 11.6 Å². The van der Waals surface area contributed by atoms with Gasteiger partial charge >= 0.3 is 0 Å². The van der Waals surface area contributed by atoms with Crippen LogP contribution in [0.4, 0.5) is 4.39 Å². The Morgan fingerprint density at radius 1 is 1.15 bits per heavy atom. The second-order valence-corrected chi connectivity index (χ2v) is 4.80. The normalized spacial score (nSPS) is 12.2. The van der Waals surface area contributed by atoms with Crippen LogP contribution < -0.4 is 4.74 Å². The first-order valence-electron chi connectivity index (χ1n) is 6.81. The number of aliphatic hydroxyl groups is 1. The Morgan fingerprint density at radius 2 is 1.90 bits per heavy atom. The van der Waals surface area contributed by atoms with Crippen LogP contribution in [0.5, 0.6) is 5.75 Å². The molecule has 0 saturated heterocycles. The molecule has 0 aliphatic carbocycles. The third-order valence-corrected chi connectivity index (χ3v) is 3.14. The number of hydrogen-bond donors (Lipinski definition) is 1. The van der Waals surface area contributed by atoms with Gasteiger partial charge in [0.05, 0.1) is 12.7 Å². The fourth-order valence-electron chi connectivity index (χ4n) is 2.05. The molecule has 2 aromatic rings. The number of benzene rings is 2. The molecule has 1 atom stereocenters. The number of rotatable bonds is 6. The summed E-state index contributed by atoms with van der Waals surface area (Å²) < 4.78 is 19.2. The van der Waals surface area contributed by atoms with E-state index in [2.05, 4.69) is 12.1 Å². The van der Waals surface area contributed by atoms with Crippen molar-refractivity contribution in [3.63, 3.8) is 0 Å². The van der Waals surface area contributed by atoms with Crippen molar-refractivity contribution in [3.8, 4) is 5.75 Å². The van der Waals surface area contributed by atoms with Gasteiger partial charge < -0.3 is 9.84 Å². The average molecular weight is 274 g/mol. The van der Waals surface area contributed by atoms with Gasteiger partial charge in [-0.2, -0.15) is 0 Å². The zero-order valence-electron chi connectivity index (χ0n) is 11.6. The molecule has 0 fully saturated rings. The maximum absolute atomic E-state index is 13.6. The standard InChI is InChI=1S/C17H19FO2/c1-13(19)16-10-9-15(12-17(16)18)20-11-5-8-14-6-3-2-4-7-14/h2-4,6-7,9-10,12-13,19H,5,8,11H2,1H3. The van der Waals surface area contributed by atoms with Crippen LogP contribution in [0.1, 0.15) is 30.6 Å². The molecule has 0 spiro atoms. The maximum atomic E-state index is 13.6. The van der Waals surface area contributed by atoms with Crippen LogP contribution in [0, 0.1) is 5.82 Å². The van der Waals surface area contributed by atoms with Crippen molar-refractivity contribution in [1.29, 1.82) is 0 Å². The highest BCUT2D eigenvalue weighted by Gasteiger charge is 2.08. The molecule has 0 amide bonds. The van der Waals surface area contributed by atoms with Crippen LogP contribution in [-0.4, -0.2) is 11.7 Å². The second kappa shape index (κ2) is 7.06. The summed E-state index contributed by atoms with van der Waals surface area (Å²) in [4.78, 5) is 0. The van der Waals surface area contributed by atoms with Crippen LogP contribution in [0.15, 0.2) is 48.5 Å². The third-order valence-electron chi connectivity index (χ3n) is 3.14. The van der Waals surface area contributed by atoms with Gasteiger partial charge in [-0.25, -0.2) is 4.39 Å². The lowest BCUT2D eigenvalue weighted by Gasteiger charge is -2.10. The van der Waals surface area contributed by atoms with Crippen LogP contribution >= 0.6 is 0 Å². The summed E-state index contributed by atoms with van der Waals surface area (Å²) in [6, 6.07) is 14.8. The second-order valence-electron chi connectivity index (χ2n) is 4.80. The molecule has 20 heavy (non-hydrogen) atoms. The van der Waals surface area contributed by atoms with Crippen molar-refractivity contribution < 1.29 is 14.2 Å². The summed E-state index contributed by atoms with van der Waals surface area (Å²) in [6.45, 7) is 2.08. The lowest BCUT2D eigenvalue weighted by molar-refractivity contribution is 0.194. The molecule has 0 aromatic heterocycles. The Labute approximate surface area is 118 Å². The number of ether oxygens (including phenoxy) is 1. The topological polar surface area (TPSA) is 29.5 Å². The van der Waals surface area contributed by atoms with Crippen molar-refractivity contribution in [2.75, 3.05) is 6.61 Å². The average Bonchev–Trinajstić information content (AvgIpc) is 2.44. The van der Waals surface area contributed by atoms with Crippen molar-refractivity contribution in [1.82, 2.24) is 0 Å². The van der Waals surface area contributed by atoms with Crippen molar-refractivity contribution >= 4 is 0 Å². The summed E-state index contributed by atoms with van der Waals surface area (Å²) in [5, 5.41) is 9.35. The Kier molecular flexibility index (Phi) is 5.13. The SMILES string of the molecule is CC(O)c1ccc(OCCCc2ccccc2)cc1F. The first-order valence-corrected chi connectivity index (χ1v) is 6.81. The van der Waals surface area contributed by atoms with E-state index < -0.39 is 11.9 Å². The van der Waals surface area contributed by atoms with Crippen molar-refractivity contribution in [3.05, 3.63) is 65.5 Å². The summed E-state index contributed by atoms with van der Waals surface area (Å²) >= 11 is 0. The molecule has 0 saturated carbocycles. The number of aryl methyl sites for hydroxylation is 1. The van der Waals surface area contributed by atoms with Crippen molar-refractivity contribution in [2.24, 2.45) is 0 Å². The fourth-order valence-corrected chi connectivity index (χ4v) is 2.05. The summed E-state index contributed by atoms with van der Waals surface area (Å²) in [5.41, 5.74) is 1.56. The molecular formula is C17H19FO2. The molecule has 0 heterocycles. The maximum Gasteiger partial charge on any atom is 0.132 e. The summed E-state index contributed by atoms with van der Waals surface area (Å²) in [5.74, 6) is 0.0699. The van der Waals surface area contributed by atoms with Gasteiger partial charge in [0, 0.05) is 11.6 Å². The summed E-state index contributed by atoms with van der Waals surface area (Å²) in [6.07, 6.45) is 1.01. The predicted octanol–water partition coefficient (Wildman–Crippen LogP) is 3.89. The van der Waals surface area contributed by atoms with Gasteiger partial charge in [0.25, 0.3) is 0 Å². The minimum Gasteiger partial charge on any atom is -0.493 e. The van der Waals surface area contributed by atoms with Gasteiger partial charge in [0.2, 0.25) is 0 Å². The molecule has 0 radical (unpaired) electrons. The predicted molar refractivity (Wildman–Crippen MR) is 77.3 cm³/mol. The van der Waals surface area contributed by atoms with Gasteiger partial charge in [0.15, 0.2) is 0 Å². The quantitative estimate of drug-likeness (QED) is 0.810. The Balaban J connectivity index is 1.81. The fraction of sp³-hybridized carbons (Fsp3) is 0.294. The molecule has 0 aliphatic rings. The van der Waals surface area contributed by atoms with E-state index in [9.17, 15) is 9.50 Å². The monoisotopic (exact) mass is 274 g/mol. The minimum absolute atomic E-state index is 0.293. The molecule has 1 N–H and O–H groups in total. The highest BCUT2D eigenvalue weighted by Crippen LogP contribution is 2.21. The zero-order valence-corrected chi connectivity index (χ0v) is 11.6.